The molecule has 0 fully saturated rings. The summed E-state index contributed by atoms with van der Waals surface area (Å²) in [6, 6.07) is 4.32. The number of fused-ring (bicyclic) bond motifs is 1. The molecule has 0 aromatic carbocycles. The van der Waals surface area contributed by atoms with E-state index in [1.807, 2.05) is 24.7 Å². The van der Waals surface area contributed by atoms with Crippen LogP contribution in [0.25, 0.3) is 10.2 Å². The summed E-state index contributed by atoms with van der Waals surface area (Å²) in [4.78, 5) is 12.7. The van der Waals surface area contributed by atoms with E-state index in [-0.39, 0.29) is 6.04 Å². The van der Waals surface area contributed by atoms with Gasteiger partial charge in [0, 0.05) is 24.2 Å². The quantitative estimate of drug-likeness (QED) is 0.792. The number of rotatable bonds is 4. The molecule has 1 unspecified atom stereocenters. The smallest absolute Gasteiger partial charge is 0.115 e. The fourth-order valence-corrected chi connectivity index (χ4v) is 2.90. The Balaban J connectivity index is 2.03. The second-order valence-electron chi connectivity index (χ2n) is 4.24. The number of hydrogen-bond acceptors (Lipinski definition) is 5. The molecule has 1 N–H and O–H groups in total. The molecule has 0 aliphatic rings. The lowest BCUT2D eigenvalue weighted by Crippen LogP contribution is -2.22. The van der Waals surface area contributed by atoms with Crippen molar-refractivity contribution in [2.45, 2.75) is 13.0 Å². The van der Waals surface area contributed by atoms with E-state index < -0.39 is 0 Å². The number of thiophene rings is 1. The van der Waals surface area contributed by atoms with Gasteiger partial charge in [0.15, 0.2) is 0 Å². The van der Waals surface area contributed by atoms with Crippen LogP contribution in [0, 0.1) is 0 Å². The van der Waals surface area contributed by atoms with Gasteiger partial charge in [0.2, 0.25) is 0 Å². The Kier molecular flexibility index (Phi) is 3.48. The molecule has 0 aliphatic heterocycles. The molecule has 0 aliphatic carbocycles. The van der Waals surface area contributed by atoms with E-state index in [9.17, 15) is 0 Å². The Bertz CT molecular complexity index is 665. The Labute approximate surface area is 115 Å². The Morgan fingerprint density at radius 3 is 2.84 bits per heavy atom. The lowest BCUT2D eigenvalue weighted by molar-refractivity contribution is 0.625. The van der Waals surface area contributed by atoms with Gasteiger partial charge in [0.05, 0.1) is 16.3 Å². The molecule has 4 nitrogen and oxygen atoms in total. The van der Waals surface area contributed by atoms with Crippen LogP contribution in [0.1, 0.15) is 24.1 Å². The Morgan fingerprint density at radius 2 is 2.05 bits per heavy atom. The van der Waals surface area contributed by atoms with E-state index in [2.05, 4.69) is 38.6 Å². The average molecular weight is 270 g/mol. The first-order valence-electron chi connectivity index (χ1n) is 6.20. The molecule has 0 amide bonds. The van der Waals surface area contributed by atoms with Gasteiger partial charge >= 0.3 is 0 Å². The highest BCUT2D eigenvalue weighted by Gasteiger charge is 2.14. The molecule has 19 heavy (non-hydrogen) atoms. The normalized spacial score (nSPS) is 12.7. The molecule has 0 radical (unpaired) electrons. The standard InChI is InChI=1S/C14H14N4S/c1-2-17-14(11-6-15-9-16-7-11)10-5-13-12(18-8-10)3-4-19-13/h3-9,14,17H,2H2,1H3. The molecule has 0 spiro atoms. The highest BCUT2D eigenvalue weighted by molar-refractivity contribution is 7.17. The number of pyridine rings is 1. The van der Waals surface area contributed by atoms with Crippen LogP contribution in [0.2, 0.25) is 0 Å². The zero-order valence-corrected chi connectivity index (χ0v) is 11.4. The lowest BCUT2D eigenvalue weighted by atomic mass is 10.0. The molecule has 96 valence electrons. The van der Waals surface area contributed by atoms with Crippen LogP contribution in [-0.4, -0.2) is 21.5 Å². The summed E-state index contributed by atoms with van der Waals surface area (Å²) in [5, 5.41) is 5.52. The molecule has 0 bridgehead atoms. The van der Waals surface area contributed by atoms with Crippen molar-refractivity contribution in [2.75, 3.05) is 6.54 Å². The highest BCUT2D eigenvalue weighted by Crippen LogP contribution is 2.25. The molecular weight excluding hydrogens is 256 g/mol. The summed E-state index contributed by atoms with van der Waals surface area (Å²) in [5.41, 5.74) is 3.25. The van der Waals surface area contributed by atoms with Crippen LogP contribution in [0.3, 0.4) is 0 Å². The molecule has 3 heterocycles. The summed E-state index contributed by atoms with van der Waals surface area (Å²) in [7, 11) is 0. The van der Waals surface area contributed by atoms with Crippen LogP contribution >= 0.6 is 11.3 Å². The SMILES string of the molecule is CCNC(c1cncnc1)c1cnc2ccsc2c1. The minimum Gasteiger partial charge on any atom is -0.306 e. The monoisotopic (exact) mass is 270 g/mol. The molecule has 0 saturated heterocycles. The van der Waals surface area contributed by atoms with Gasteiger partial charge in [-0.1, -0.05) is 6.92 Å². The summed E-state index contributed by atoms with van der Waals surface area (Å²) in [6.45, 7) is 2.97. The first-order chi connectivity index (χ1) is 9.38. The van der Waals surface area contributed by atoms with Gasteiger partial charge in [-0.05, 0) is 29.6 Å². The predicted octanol–water partition coefficient (Wildman–Crippen LogP) is 2.79. The number of nitrogens with zero attached hydrogens (tertiary/aromatic N) is 3. The summed E-state index contributed by atoms with van der Waals surface area (Å²) in [5.74, 6) is 0. The topological polar surface area (TPSA) is 50.7 Å². The highest BCUT2D eigenvalue weighted by atomic mass is 32.1. The first kappa shape index (κ1) is 12.2. The van der Waals surface area contributed by atoms with E-state index in [0.29, 0.717) is 0 Å². The third kappa shape index (κ3) is 2.47. The summed E-state index contributed by atoms with van der Waals surface area (Å²) in [6.07, 6.45) is 7.17. The van der Waals surface area contributed by atoms with Crippen LogP contribution in [0.5, 0.6) is 0 Å². The van der Waals surface area contributed by atoms with Crippen molar-refractivity contribution in [1.29, 1.82) is 0 Å². The molecule has 5 heteroatoms. The van der Waals surface area contributed by atoms with E-state index in [4.69, 9.17) is 0 Å². The molecule has 3 aromatic rings. The van der Waals surface area contributed by atoms with Gasteiger partial charge in [-0.15, -0.1) is 11.3 Å². The fourth-order valence-electron chi connectivity index (χ4n) is 2.11. The fraction of sp³-hybridized carbons (Fsp3) is 0.214. The maximum absolute atomic E-state index is 4.50. The lowest BCUT2D eigenvalue weighted by Gasteiger charge is -2.17. The van der Waals surface area contributed by atoms with Crippen LogP contribution < -0.4 is 5.32 Å². The Hall–Kier alpha value is -1.85. The predicted molar refractivity (Wildman–Crippen MR) is 77.2 cm³/mol. The number of aromatic nitrogens is 3. The zero-order chi connectivity index (χ0) is 13.1. The van der Waals surface area contributed by atoms with Gasteiger partial charge in [0.1, 0.15) is 6.33 Å². The van der Waals surface area contributed by atoms with Gasteiger partial charge in [-0.3, -0.25) is 4.98 Å². The molecule has 1 atom stereocenters. The van der Waals surface area contributed by atoms with Crippen LogP contribution in [0.15, 0.2) is 42.4 Å². The van der Waals surface area contributed by atoms with Crippen molar-refractivity contribution in [3.63, 3.8) is 0 Å². The van der Waals surface area contributed by atoms with Crippen LogP contribution in [0.4, 0.5) is 0 Å². The molecule has 0 saturated carbocycles. The maximum atomic E-state index is 4.50. The second-order valence-corrected chi connectivity index (χ2v) is 5.18. The van der Waals surface area contributed by atoms with Crippen molar-refractivity contribution in [3.8, 4) is 0 Å². The van der Waals surface area contributed by atoms with Crippen molar-refractivity contribution in [2.24, 2.45) is 0 Å². The van der Waals surface area contributed by atoms with E-state index in [0.717, 1.165) is 23.2 Å². The summed E-state index contributed by atoms with van der Waals surface area (Å²) >= 11 is 1.71. The van der Waals surface area contributed by atoms with Gasteiger partial charge < -0.3 is 5.32 Å². The number of nitrogens with one attached hydrogen (secondary N) is 1. The Morgan fingerprint density at radius 1 is 1.21 bits per heavy atom. The van der Waals surface area contributed by atoms with E-state index in [1.54, 1.807) is 17.7 Å². The molecular formula is C14H14N4S. The molecule has 3 rings (SSSR count). The van der Waals surface area contributed by atoms with Gasteiger partial charge in [-0.2, -0.15) is 0 Å². The van der Waals surface area contributed by atoms with Crippen molar-refractivity contribution >= 4 is 21.6 Å². The largest absolute Gasteiger partial charge is 0.306 e. The van der Waals surface area contributed by atoms with Gasteiger partial charge in [0.25, 0.3) is 0 Å². The summed E-state index contributed by atoms with van der Waals surface area (Å²) < 4.78 is 1.21. The van der Waals surface area contributed by atoms with Gasteiger partial charge in [-0.25, -0.2) is 9.97 Å². The first-order valence-corrected chi connectivity index (χ1v) is 7.08. The van der Waals surface area contributed by atoms with Crippen molar-refractivity contribution in [1.82, 2.24) is 20.3 Å². The van der Waals surface area contributed by atoms with E-state index in [1.165, 1.54) is 4.70 Å². The zero-order valence-electron chi connectivity index (χ0n) is 10.6. The van der Waals surface area contributed by atoms with Crippen molar-refractivity contribution in [3.05, 3.63) is 53.6 Å². The molecule has 3 aromatic heterocycles. The van der Waals surface area contributed by atoms with Crippen molar-refractivity contribution < 1.29 is 0 Å². The third-order valence-electron chi connectivity index (χ3n) is 2.98. The minimum absolute atomic E-state index is 0.0881. The maximum Gasteiger partial charge on any atom is 0.115 e. The average Bonchev–Trinajstić information content (AvgIpc) is 2.93. The van der Waals surface area contributed by atoms with E-state index >= 15 is 0 Å². The third-order valence-corrected chi connectivity index (χ3v) is 3.83. The van der Waals surface area contributed by atoms with Crippen LogP contribution in [-0.2, 0) is 0 Å². The minimum atomic E-state index is 0.0881. The number of hydrogen-bond donors (Lipinski definition) is 1. The second kappa shape index (κ2) is 5.42.